The van der Waals surface area contributed by atoms with Gasteiger partial charge in [-0.25, -0.2) is 9.67 Å². The lowest BCUT2D eigenvalue weighted by molar-refractivity contribution is -0.133. The van der Waals surface area contributed by atoms with Gasteiger partial charge in [0.15, 0.2) is 5.82 Å². The van der Waals surface area contributed by atoms with E-state index >= 15 is 0 Å². The van der Waals surface area contributed by atoms with Gasteiger partial charge >= 0.3 is 0 Å². The van der Waals surface area contributed by atoms with E-state index in [1.807, 2.05) is 0 Å². The third-order valence-corrected chi connectivity index (χ3v) is 6.30. The highest BCUT2D eigenvalue weighted by molar-refractivity contribution is 5.11. The molecule has 1 aromatic heterocycles. The summed E-state index contributed by atoms with van der Waals surface area (Å²) in [6.45, 7) is 4.39. The normalized spacial score (nSPS) is 31.2. The van der Waals surface area contributed by atoms with Crippen LogP contribution < -0.4 is 5.32 Å². The Bertz CT molecular complexity index is 567. The minimum Gasteiger partial charge on any atom is -0.378 e. The average Bonchev–Trinajstić information content (AvgIpc) is 3.22. The van der Waals surface area contributed by atoms with E-state index in [9.17, 15) is 0 Å². The molecule has 3 atom stereocenters. The van der Waals surface area contributed by atoms with Crippen LogP contribution in [0.15, 0.2) is 0 Å². The van der Waals surface area contributed by atoms with E-state index in [1.54, 1.807) is 7.11 Å². The number of nitrogens with zero attached hydrogens (tertiary/aromatic N) is 3. The molecule has 0 radical (unpaired) electrons. The second kappa shape index (κ2) is 6.73. The second-order valence-corrected chi connectivity index (χ2v) is 7.63. The third kappa shape index (κ3) is 2.78. The Kier molecular flexibility index (Phi) is 4.62. The molecule has 1 aromatic rings. The summed E-state index contributed by atoms with van der Waals surface area (Å²) in [5, 5.41) is 8.55. The van der Waals surface area contributed by atoms with E-state index in [4.69, 9.17) is 9.47 Å². The lowest BCUT2D eigenvalue weighted by Gasteiger charge is -2.55. The fraction of sp³-hybridized carbons (Fsp3) is 0.889. The van der Waals surface area contributed by atoms with Crippen molar-refractivity contribution in [1.82, 2.24) is 20.1 Å². The van der Waals surface area contributed by atoms with E-state index in [1.165, 1.54) is 32.1 Å². The fourth-order valence-electron chi connectivity index (χ4n) is 5.09. The van der Waals surface area contributed by atoms with Crippen LogP contribution in [0.25, 0.3) is 0 Å². The number of ether oxygens (including phenoxy) is 2. The van der Waals surface area contributed by atoms with Crippen molar-refractivity contribution in [2.24, 2.45) is 5.41 Å². The zero-order chi connectivity index (χ0) is 16.6. The number of hydrogen-bond acceptors (Lipinski definition) is 5. The first-order valence-corrected chi connectivity index (χ1v) is 9.54. The maximum atomic E-state index is 6.04. The standard InChI is InChI=1S/C18H30N4O2/c1-3-24-15-10-14(18(15)8-4-5-9-18)19-13-6-7-17-20-16(12-23-2)21-22(17)11-13/h13-15,19H,3-12H2,1-2H3/t13-,14+,15-/m1/s1. The van der Waals surface area contributed by atoms with Gasteiger partial charge in [-0.15, -0.1) is 0 Å². The van der Waals surface area contributed by atoms with Crippen molar-refractivity contribution in [2.75, 3.05) is 13.7 Å². The molecule has 4 rings (SSSR count). The van der Waals surface area contributed by atoms with Gasteiger partial charge < -0.3 is 14.8 Å². The molecule has 0 amide bonds. The summed E-state index contributed by atoms with van der Waals surface area (Å²) >= 11 is 0. The van der Waals surface area contributed by atoms with Crippen LogP contribution >= 0.6 is 0 Å². The number of aromatic nitrogens is 3. The van der Waals surface area contributed by atoms with Gasteiger partial charge in [-0.2, -0.15) is 5.10 Å². The smallest absolute Gasteiger partial charge is 0.176 e. The van der Waals surface area contributed by atoms with Crippen LogP contribution in [0.3, 0.4) is 0 Å². The average molecular weight is 334 g/mol. The summed E-state index contributed by atoms with van der Waals surface area (Å²) in [4.78, 5) is 4.57. The molecule has 24 heavy (non-hydrogen) atoms. The summed E-state index contributed by atoms with van der Waals surface area (Å²) in [5.41, 5.74) is 0.403. The highest BCUT2D eigenvalue weighted by Gasteiger charge is 2.56. The first-order valence-electron chi connectivity index (χ1n) is 9.54. The number of aryl methyl sites for hydroxylation is 1. The van der Waals surface area contributed by atoms with Crippen molar-refractivity contribution < 1.29 is 9.47 Å². The van der Waals surface area contributed by atoms with Crippen molar-refractivity contribution >= 4 is 0 Å². The fourth-order valence-corrected chi connectivity index (χ4v) is 5.09. The number of rotatable bonds is 6. The molecule has 134 valence electrons. The zero-order valence-electron chi connectivity index (χ0n) is 15.0. The Morgan fingerprint density at radius 1 is 1.33 bits per heavy atom. The highest BCUT2D eigenvalue weighted by Crippen LogP contribution is 2.54. The minimum absolute atomic E-state index is 0.403. The second-order valence-electron chi connectivity index (χ2n) is 7.63. The van der Waals surface area contributed by atoms with Crippen LogP contribution in [-0.2, 0) is 29.0 Å². The molecular formula is C18H30N4O2. The molecule has 6 heteroatoms. The zero-order valence-corrected chi connectivity index (χ0v) is 15.0. The molecule has 0 unspecified atom stereocenters. The molecular weight excluding hydrogens is 304 g/mol. The molecule has 0 bridgehead atoms. The van der Waals surface area contributed by atoms with Gasteiger partial charge in [0.05, 0.1) is 12.6 Å². The largest absolute Gasteiger partial charge is 0.378 e. The van der Waals surface area contributed by atoms with Crippen LogP contribution in [0.5, 0.6) is 0 Å². The van der Waals surface area contributed by atoms with Crippen molar-refractivity contribution in [3.63, 3.8) is 0 Å². The van der Waals surface area contributed by atoms with E-state index < -0.39 is 0 Å². The molecule has 0 aromatic carbocycles. The number of fused-ring (bicyclic) bond motifs is 1. The van der Waals surface area contributed by atoms with E-state index in [2.05, 4.69) is 27.0 Å². The maximum Gasteiger partial charge on any atom is 0.176 e. The molecule has 2 aliphatic carbocycles. The van der Waals surface area contributed by atoms with Gasteiger partial charge in [0.25, 0.3) is 0 Å². The topological polar surface area (TPSA) is 61.2 Å². The molecule has 2 fully saturated rings. The molecule has 0 saturated heterocycles. The molecule has 1 N–H and O–H groups in total. The monoisotopic (exact) mass is 334 g/mol. The third-order valence-electron chi connectivity index (χ3n) is 6.30. The van der Waals surface area contributed by atoms with E-state index in [0.717, 1.165) is 37.6 Å². The SMILES string of the molecule is CCO[C@@H]1C[C@H](N[C@@H]2CCc3nc(COC)nn3C2)C12CCCC2. The van der Waals surface area contributed by atoms with Crippen LogP contribution in [0.1, 0.15) is 57.1 Å². The van der Waals surface area contributed by atoms with Crippen LogP contribution in [0.4, 0.5) is 0 Å². The summed E-state index contributed by atoms with van der Waals surface area (Å²) in [6, 6.07) is 1.12. The number of methoxy groups -OCH3 is 1. The Balaban J connectivity index is 1.39. The van der Waals surface area contributed by atoms with Crippen molar-refractivity contribution in [3.05, 3.63) is 11.6 Å². The quantitative estimate of drug-likeness (QED) is 0.863. The number of nitrogens with one attached hydrogen (secondary N) is 1. The molecule has 3 aliphatic rings. The van der Waals surface area contributed by atoms with Gasteiger partial charge in [-0.3, -0.25) is 0 Å². The predicted octanol–water partition coefficient (Wildman–Crippen LogP) is 2.07. The predicted molar refractivity (Wildman–Crippen MR) is 90.7 cm³/mol. The van der Waals surface area contributed by atoms with Gasteiger partial charge in [0.1, 0.15) is 12.4 Å². The molecule has 6 nitrogen and oxygen atoms in total. The summed E-state index contributed by atoms with van der Waals surface area (Å²) in [7, 11) is 1.69. The van der Waals surface area contributed by atoms with Gasteiger partial charge in [-0.05, 0) is 32.6 Å². The van der Waals surface area contributed by atoms with Gasteiger partial charge in [0.2, 0.25) is 0 Å². The molecule has 2 heterocycles. The lowest BCUT2D eigenvalue weighted by atomic mass is 9.60. The van der Waals surface area contributed by atoms with Crippen LogP contribution in [0, 0.1) is 5.41 Å². The van der Waals surface area contributed by atoms with Crippen molar-refractivity contribution in [3.8, 4) is 0 Å². The van der Waals surface area contributed by atoms with Gasteiger partial charge in [0, 0.05) is 37.6 Å². The number of hydrogen-bond donors (Lipinski definition) is 1. The Labute approximate surface area is 144 Å². The van der Waals surface area contributed by atoms with Gasteiger partial charge in [-0.1, -0.05) is 12.8 Å². The van der Waals surface area contributed by atoms with Crippen molar-refractivity contribution in [1.29, 1.82) is 0 Å². The first kappa shape index (κ1) is 16.5. The van der Waals surface area contributed by atoms with Crippen molar-refractivity contribution in [2.45, 2.75) is 83.2 Å². The first-order chi connectivity index (χ1) is 11.7. The van der Waals surface area contributed by atoms with E-state index in [-0.39, 0.29) is 0 Å². The van der Waals surface area contributed by atoms with Crippen LogP contribution in [0.2, 0.25) is 0 Å². The Morgan fingerprint density at radius 2 is 2.17 bits per heavy atom. The summed E-state index contributed by atoms with van der Waals surface area (Å²) in [5.74, 6) is 1.91. The van der Waals surface area contributed by atoms with E-state index in [0.29, 0.717) is 30.2 Å². The van der Waals surface area contributed by atoms with Crippen LogP contribution in [-0.4, -0.2) is 46.7 Å². The highest BCUT2D eigenvalue weighted by atomic mass is 16.5. The Morgan fingerprint density at radius 3 is 2.92 bits per heavy atom. The summed E-state index contributed by atoms with van der Waals surface area (Å²) in [6.07, 6.45) is 9.17. The summed E-state index contributed by atoms with van der Waals surface area (Å²) < 4.78 is 13.3. The molecule has 1 spiro atoms. The Hall–Kier alpha value is -0.980. The lowest BCUT2D eigenvalue weighted by Crippen LogP contribution is -2.65. The minimum atomic E-state index is 0.403. The molecule has 2 saturated carbocycles. The maximum absolute atomic E-state index is 6.04. The molecule has 1 aliphatic heterocycles.